The molecule has 7 nitrogen and oxygen atoms in total. The molecule has 1 amide bonds. The van der Waals surface area contributed by atoms with E-state index in [9.17, 15) is 4.79 Å². The van der Waals surface area contributed by atoms with Crippen LogP contribution in [0.5, 0.6) is 0 Å². The van der Waals surface area contributed by atoms with Gasteiger partial charge in [-0.2, -0.15) is 0 Å². The van der Waals surface area contributed by atoms with Crippen LogP contribution in [0.4, 0.5) is 5.13 Å². The number of carbonyl (C=O) groups excluding carboxylic acids is 1. The van der Waals surface area contributed by atoms with Crippen LogP contribution in [0.2, 0.25) is 5.02 Å². The molecule has 1 aliphatic heterocycles. The summed E-state index contributed by atoms with van der Waals surface area (Å²) in [6.07, 6.45) is 1.88. The highest BCUT2D eigenvalue weighted by atomic mass is 35.5. The van der Waals surface area contributed by atoms with Gasteiger partial charge in [-0.05, 0) is 37.7 Å². The molecule has 0 saturated heterocycles. The summed E-state index contributed by atoms with van der Waals surface area (Å²) in [5, 5.41) is 9.72. The third-order valence-electron chi connectivity index (χ3n) is 5.15. The molecule has 0 aliphatic carbocycles. The van der Waals surface area contributed by atoms with Crippen molar-refractivity contribution in [3.8, 4) is 0 Å². The summed E-state index contributed by atoms with van der Waals surface area (Å²) >= 11 is 7.60. The first-order valence-electron chi connectivity index (χ1n) is 9.63. The molecule has 0 unspecified atom stereocenters. The van der Waals surface area contributed by atoms with Crippen LogP contribution < -0.4 is 4.90 Å². The van der Waals surface area contributed by atoms with Crippen LogP contribution in [0.3, 0.4) is 0 Å². The number of amides is 1. The third-order valence-corrected chi connectivity index (χ3v) is 6.43. The monoisotopic (exact) mass is 418 g/mol. The maximum atomic E-state index is 13.4. The maximum Gasteiger partial charge on any atom is 0.298 e. The summed E-state index contributed by atoms with van der Waals surface area (Å²) in [6.45, 7) is 8.25. The second-order valence-electron chi connectivity index (χ2n) is 6.79. The highest BCUT2D eigenvalue weighted by molar-refractivity contribution is 7.22. The Balaban J connectivity index is 1.68. The summed E-state index contributed by atoms with van der Waals surface area (Å²) in [6, 6.07) is 5.60. The lowest BCUT2D eigenvalue weighted by Gasteiger charge is -2.24. The van der Waals surface area contributed by atoms with E-state index in [1.54, 1.807) is 4.90 Å². The van der Waals surface area contributed by atoms with E-state index in [4.69, 9.17) is 16.6 Å². The molecule has 4 rings (SSSR count). The molecule has 0 atom stereocenters. The van der Waals surface area contributed by atoms with E-state index in [0.717, 1.165) is 55.1 Å². The lowest BCUT2D eigenvalue weighted by Crippen LogP contribution is -2.40. The maximum absolute atomic E-state index is 13.4. The number of fused-ring (bicyclic) bond motifs is 2. The van der Waals surface area contributed by atoms with Crippen molar-refractivity contribution in [1.29, 1.82) is 0 Å². The molecule has 0 bridgehead atoms. The molecule has 0 saturated carbocycles. The lowest BCUT2D eigenvalue weighted by atomic mass is 10.3. The first-order chi connectivity index (χ1) is 13.6. The number of anilines is 1. The van der Waals surface area contributed by atoms with Crippen LogP contribution in [0.25, 0.3) is 10.2 Å². The average Bonchev–Trinajstić information content (AvgIpc) is 3.39. The molecular formula is C19H23ClN6OS. The normalized spacial score (nSPS) is 13.4. The summed E-state index contributed by atoms with van der Waals surface area (Å²) in [7, 11) is 0. The van der Waals surface area contributed by atoms with Gasteiger partial charge in [-0.1, -0.05) is 36.8 Å². The fourth-order valence-electron chi connectivity index (χ4n) is 3.50. The molecule has 0 spiro atoms. The third kappa shape index (κ3) is 3.64. The minimum atomic E-state index is -0.141. The van der Waals surface area contributed by atoms with Crippen molar-refractivity contribution in [3.05, 3.63) is 34.9 Å². The Morgan fingerprint density at radius 1 is 1.25 bits per heavy atom. The van der Waals surface area contributed by atoms with E-state index in [0.29, 0.717) is 22.5 Å². The van der Waals surface area contributed by atoms with Gasteiger partial charge in [-0.3, -0.25) is 9.69 Å². The van der Waals surface area contributed by atoms with Gasteiger partial charge < -0.3 is 9.47 Å². The van der Waals surface area contributed by atoms with Gasteiger partial charge in [-0.15, -0.1) is 10.2 Å². The van der Waals surface area contributed by atoms with E-state index in [1.165, 1.54) is 11.3 Å². The highest BCUT2D eigenvalue weighted by Crippen LogP contribution is 2.31. The van der Waals surface area contributed by atoms with Crippen molar-refractivity contribution >= 4 is 44.2 Å². The van der Waals surface area contributed by atoms with Gasteiger partial charge in [0.05, 0.1) is 10.2 Å². The summed E-state index contributed by atoms with van der Waals surface area (Å²) in [5.74, 6) is 1.16. The quantitative estimate of drug-likeness (QED) is 0.587. The van der Waals surface area contributed by atoms with Gasteiger partial charge in [0.15, 0.2) is 5.13 Å². The van der Waals surface area contributed by atoms with Crippen molar-refractivity contribution in [2.75, 3.05) is 31.1 Å². The van der Waals surface area contributed by atoms with Crippen LogP contribution in [0.1, 0.15) is 36.7 Å². The molecule has 28 heavy (non-hydrogen) atoms. The molecule has 148 valence electrons. The minimum Gasteiger partial charge on any atom is -0.307 e. The Hall–Kier alpha value is -2.03. The summed E-state index contributed by atoms with van der Waals surface area (Å²) < 4.78 is 2.91. The van der Waals surface area contributed by atoms with Gasteiger partial charge in [0, 0.05) is 31.1 Å². The average molecular weight is 419 g/mol. The van der Waals surface area contributed by atoms with Crippen molar-refractivity contribution in [3.63, 3.8) is 0 Å². The van der Waals surface area contributed by atoms with E-state index in [2.05, 4.69) is 28.9 Å². The highest BCUT2D eigenvalue weighted by Gasteiger charge is 2.29. The minimum absolute atomic E-state index is 0.141. The molecule has 0 fully saturated rings. The molecule has 3 heterocycles. The SMILES string of the molecule is CCN(CC)CCN(C(=O)c1nnc2n1CCC2)c1nc2ccc(Cl)cc2s1. The number of benzene rings is 1. The first-order valence-corrected chi connectivity index (χ1v) is 10.8. The predicted octanol–water partition coefficient (Wildman–Crippen LogP) is 3.48. The number of aryl methyl sites for hydroxylation is 1. The lowest BCUT2D eigenvalue weighted by molar-refractivity contribution is 0.0969. The fourth-order valence-corrected chi connectivity index (χ4v) is 4.76. The molecular weight excluding hydrogens is 396 g/mol. The smallest absolute Gasteiger partial charge is 0.298 e. The zero-order valence-electron chi connectivity index (χ0n) is 16.1. The fraction of sp³-hybridized carbons (Fsp3) is 0.474. The number of rotatable bonds is 7. The molecule has 3 aromatic rings. The molecule has 9 heteroatoms. The van der Waals surface area contributed by atoms with Crippen molar-refractivity contribution in [2.45, 2.75) is 33.2 Å². The number of carbonyl (C=O) groups is 1. The van der Waals surface area contributed by atoms with Crippen molar-refractivity contribution in [1.82, 2.24) is 24.6 Å². The Kier molecular flexibility index (Phi) is 5.61. The molecule has 0 radical (unpaired) electrons. The number of halogens is 1. The number of aromatic nitrogens is 4. The van der Waals surface area contributed by atoms with E-state index in [1.807, 2.05) is 22.8 Å². The molecule has 2 aromatic heterocycles. The second kappa shape index (κ2) is 8.14. The first kappa shape index (κ1) is 19.3. The predicted molar refractivity (Wildman–Crippen MR) is 112 cm³/mol. The van der Waals surface area contributed by atoms with Gasteiger partial charge in [-0.25, -0.2) is 4.98 Å². The number of thiazole rings is 1. The van der Waals surface area contributed by atoms with E-state index < -0.39 is 0 Å². The van der Waals surface area contributed by atoms with E-state index in [-0.39, 0.29) is 5.91 Å². The van der Waals surface area contributed by atoms with Gasteiger partial charge in [0.1, 0.15) is 5.82 Å². The number of likely N-dealkylation sites (N-methyl/N-ethyl adjacent to an activating group) is 1. The zero-order valence-corrected chi connectivity index (χ0v) is 17.6. The largest absolute Gasteiger partial charge is 0.307 e. The molecule has 1 aromatic carbocycles. The van der Waals surface area contributed by atoms with Crippen LogP contribution in [0.15, 0.2) is 18.2 Å². The van der Waals surface area contributed by atoms with Gasteiger partial charge >= 0.3 is 0 Å². The van der Waals surface area contributed by atoms with E-state index >= 15 is 0 Å². The Morgan fingerprint density at radius 2 is 2.07 bits per heavy atom. The van der Waals surface area contributed by atoms with Crippen molar-refractivity contribution < 1.29 is 4.79 Å². The zero-order chi connectivity index (χ0) is 19.7. The van der Waals surface area contributed by atoms with Crippen LogP contribution in [-0.4, -0.2) is 56.7 Å². The standard InChI is InChI=1S/C19H23ClN6OS/c1-3-24(4-2)10-11-26(18(27)17-23-22-16-6-5-9-25(16)17)19-21-14-8-7-13(20)12-15(14)28-19/h7-8,12H,3-6,9-11H2,1-2H3. The number of hydrogen-bond donors (Lipinski definition) is 0. The molecule has 1 aliphatic rings. The number of nitrogens with zero attached hydrogens (tertiary/aromatic N) is 6. The Bertz CT molecular complexity index is 996. The van der Waals surface area contributed by atoms with Crippen LogP contribution >= 0.6 is 22.9 Å². The van der Waals surface area contributed by atoms with Gasteiger partial charge in [0.2, 0.25) is 5.82 Å². The summed E-state index contributed by atoms with van der Waals surface area (Å²) in [5.41, 5.74) is 0.844. The topological polar surface area (TPSA) is 67.2 Å². The molecule has 0 N–H and O–H groups in total. The summed E-state index contributed by atoms with van der Waals surface area (Å²) in [4.78, 5) is 22.2. The van der Waals surface area contributed by atoms with Gasteiger partial charge in [0.25, 0.3) is 5.91 Å². The van der Waals surface area contributed by atoms with Crippen LogP contribution in [-0.2, 0) is 13.0 Å². The van der Waals surface area contributed by atoms with Crippen molar-refractivity contribution in [2.24, 2.45) is 0 Å². The Labute approximate surface area is 172 Å². The second-order valence-corrected chi connectivity index (χ2v) is 8.23. The number of hydrogen-bond acceptors (Lipinski definition) is 6. The Morgan fingerprint density at radius 3 is 2.86 bits per heavy atom. The van der Waals surface area contributed by atoms with Crippen LogP contribution in [0, 0.1) is 0 Å².